The summed E-state index contributed by atoms with van der Waals surface area (Å²) in [4.78, 5) is 72.7. The van der Waals surface area contributed by atoms with Gasteiger partial charge in [0.05, 0.1) is 26.4 Å². The lowest BCUT2D eigenvalue weighted by Gasteiger charge is -2.21. The molecule has 0 aromatic heterocycles. The van der Waals surface area contributed by atoms with Gasteiger partial charge in [0.25, 0.3) is 0 Å². The highest BCUT2D eigenvalue weighted by atomic mass is 31.2. The molecular weight excluding hydrogens is 1210 g/mol. The zero-order valence-corrected chi connectivity index (χ0v) is 61.8. The summed E-state index contributed by atoms with van der Waals surface area (Å²) in [5.41, 5.74) is 0. The van der Waals surface area contributed by atoms with E-state index in [4.69, 9.17) is 37.0 Å². The lowest BCUT2D eigenvalue weighted by molar-refractivity contribution is -0.161. The molecule has 0 spiro atoms. The molecule has 19 heteroatoms. The van der Waals surface area contributed by atoms with Crippen molar-refractivity contribution in [3.8, 4) is 0 Å². The van der Waals surface area contributed by atoms with Crippen molar-refractivity contribution < 1.29 is 80.2 Å². The second-order valence-electron chi connectivity index (χ2n) is 27.8. The number of ether oxygens (including phenoxy) is 4. The number of hydrogen-bond donors (Lipinski definition) is 3. The van der Waals surface area contributed by atoms with Gasteiger partial charge < -0.3 is 33.8 Å². The fourth-order valence-electron chi connectivity index (χ4n) is 11.1. The first-order chi connectivity index (χ1) is 44.2. The number of carbonyl (C=O) groups is 4. The van der Waals surface area contributed by atoms with Crippen LogP contribution < -0.4 is 0 Å². The van der Waals surface area contributed by atoms with E-state index in [-0.39, 0.29) is 25.7 Å². The van der Waals surface area contributed by atoms with Crippen molar-refractivity contribution in [3.63, 3.8) is 0 Å². The second kappa shape index (κ2) is 63.8. The van der Waals surface area contributed by atoms with Crippen molar-refractivity contribution in [2.45, 2.75) is 388 Å². The van der Waals surface area contributed by atoms with Gasteiger partial charge >= 0.3 is 39.5 Å². The first-order valence-corrected chi connectivity index (χ1v) is 40.8. The summed E-state index contributed by atoms with van der Waals surface area (Å²) in [6, 6.07) is 0. The lowest BCUT2D eigenvalue weighted by atomic mass is 10.0. The molecule has 0 rings (SSSR count). The van der Waals surface area contributed by atoms with Gasteiger partial charge in [-0.2, -0.15) is 0 Å². The molecule has 0 amide bonds. The van der Waals surface area contributed by atoms with Gasteiger partial charge in [0.15, 0.2) is 12.2 Å². The Morgan fingerprint density at radius 3 is 0.739 bits per heavy atom. The van der Waals surface area contributed by atoms with Gasteiger partial charge in [0.1, 0.15) is 19.3 Å². The van der Waals surface area contributed by atoms with Crippen LogP contribution in [0.2, 0.25) is 0 Å². The van der Waals surface area contributed by atoms with Crippen LogP contribution in [0.4, 0.5) is 0 Å². The third-order valence-electron chi connectivity index (χ3n) is 16.9. The molecule has 0 aromatic carbocycles. The molecule has 5 atom stereocenters. The summed E-state index contributed by atoms with van der Waals surface area (Å²) < 4.78 is 68.4. The van der Waals surface area contributed by atoms with Crippen LogP contribution in [-0.4, -0.2) is 96.7 Å². The maximum atomic E-state index is 13.0. The van der Waals surface area contributed by atoms with Gasteiger partial charge in [0, 0.05) is 25.7 Å². The maximum absolute atomic E-state index is 13.0. The van der Waals surface area contributed by atoms with E-state index in [0.29, 0.717) is 25.7 Å². The second-order valence-corrected chi connectivity index (χ2v) is 30.7. The first-order valence-electron chi connectivity index (χ1n) is 37.8. The average Bonchev–Trinajstić information content (AvgIpc) is 3.03. The standard InChI is InChI=1S/C73H142O17P2/c1-8-9-10-11-12-13-14-15-16-26-33-40-47-54-70(75)83-60-68(89-72(77)56-49-42-35-28-21-18-24-31-38-45-52-65(4)5)62-87-91(79,80)85-58-67(74)59-86-92(81,82)88-63-69(90-73(78)57-50-43-36-29-22-19-25-32-39-46-53-66(6)7)61-84-71(76)55-48-41-34-27-20-17-23-30-37-44-51-64(2)3/h64-69,74H,8-63H2,1-7H3,(H,79,80)(H,81,82)/t67-,68+,69+/m0/s1. The minimum absolute atomic E-state index is 0.106. The number of esters is 4. The zero-order valence-electron chi connectivity index (χ0n) is 60.0. The van der Waals surface area contributed by atoms with E-state index in [1.165, 1.54) is 180 Å². The minimum Gasteiger partial charge on any atom is -0.462 e. The topological polar surface area (TPSA) is 237 Å². The molecule has 0 radical (unpaired) electrons. The SMILES string of the molecule is CCCCCCCCCCCCCCCC(=O)OC[C@H](COP(=O)(O)OC[C@H](O)COP(=O)(O)OC[C@@H](COC(=O)CCCCCCCCCCCCC(C)C)OC(=O)CCCCCCCCCCCCC(C)C)OC(=O)CCCCCCCCCCCCC(C)C. The molecule has 0 bridgehead atoms. The first kappa shape index (κ1) is 90.1. The van der Waals surface area contributed by atoms with Crippen LogP contribution in [0.3, 0.4) is 0 Å². The Morgan fingerprint density at radius 1 is 0.293 bits per heavy atom. The van der Waals surface area contributed by atoms with Gasteiger partial charge in [-0.15, -0.1) is 0 Å². The van der Waals surface area contributed by atoms with Crippen LogP contribution in [0, 0.1) is 17.8 Å². The van der Waals surface area contributed by atoms with Crippen molar-refractivity contribution >= 4 is 39.5 Å². The van der Waals surface area contributed by atoms with Crippen molar-refractivity contribution in [1.82, 2.24) is 0 Å². The van der Waals surface area contributed by atoms with Gasteiger partial charge in [-0.1, -0.05) is 318 Å². The van der Waals surface area contributed by atoms with Crippen molar-refractivity contribution in [2.75, 3.05) is 39.6 Å². The third kappa shape index (κ3) is 66.7. The molecule has 0 aliphatic heterocycles. The Labute approximate surface area is 562 Å². The Kier molecular flexibility index (Phi) is 62.4. The summed E-state index contributed by atoms with van der Waals surface area (Å²) in [6.07, 6.45) is 48.4. The van der Waals surface area contributed by atoms with E-state index < -0.39 is 97.5 Å². The fraction of sp³-hybridized carbons (Fsp3) is 0.945. The molecule has 92 heavy (non-hydrogen) atoms. The van der Waals surface area contributed by atoms with Crippen LogP contribution in [0.1, 0.15) is 370 Å². The highest BCUT2D eigenvalue weighted by Gasteiger charge is 2.30. The number of aliphatic hydroxyl groups is 1. The predicted octanol–water partition coefficient (Wildman–Crippen LogP) is 21.0. The van der Waals surface area contributed by atoms with E-state index in [1.54, 1.807) is 0 Å². The summed E-state index contributed by atoms with van der Waals surface area (Å²) in [7, 11) is -9.91. The van der Waals surface area contributed by atoms with Gasteiger partial charge in [-0.25, -0.2) is 9.13 Å². The van der Waals surface area contributed by atoms with Gasteiger partial charge in [-0.05, 0) is 43.4 Å². The zero-order chi connectivity index (χ0) is 68.0. The number of hydrogen-bond acceptors (Lipinski definition) is 15. The molecule has 546 valence electrons. The maximum Gasteiger partial charge on any atom is 0.472 e. The third-order valence-corrected chi connectivity index (χ3v) is 18.8. The summed E-state index contributed by atoms with van der Waals surface area (Å²) in [6.45, 7) is 11.9. The van der Waals surface area contributed by atoms with Crippen LogP contribution in [0.15, 0.2) is 0 Å². The Hall–Kier alpha value is -1.94. The van der Waals surface area contributed by atoms with E-state index in [2.05, 4.69) is 48.5 Å². The van der Waals surface area contributed by atoms with Crippen LogP contribution in [0.5, 0.6) is 0 Å². The number of aliphatic hydroxyl groups excluding tert-OH is 1. The Balaban J connectivity index is 5.27. The molecule has 17 nitrogen and oxygen atoms in total. The lowest BCUT2D eigenvalue weighted by Crippen LogP contribution is -2.30. The molecule has 0 saturated carbocycles. The number of rotatable bonds is 71. The summed E-state index contributed by atoms with van der Waals surface area (Å²) >= 11 is 0. The highest BCUT2D eigenvalue weighted by molar-refractivity contribution is 7.47. The molecule has 0 saturated heterocycles. The molecule has 2 unspecified atom stereocenters. The molecule has 3 N–H and O–H groups in total. The molecular formula is C73H142O17P2. The van der Waals surface area contributed by atoms with Crippen molar-refractivity contribution in [3.05, 3.63) is 0 Å². The highest BCUT2D eigenvalue weighted by Crippen LogP contribution is 2.45. The number of phosphoric acid groups is 2. The normalized spacial score (nSPS) is 14.1. The van der Waals surface area contributed by atoms with Crippen molar-refractivity contribution in [2.24, 2.45) is 17.8 Å². The van der Waals surface area contributed by atoms with E-state index in [0.717, 1.165) is 108 Å². The monoisotopic (exact) mass is 1350 g/mol. The van der Waals surface area contributed by atoms with E-state index >= 15 is 0 Å². The van der Waals surface area contributed by atoms with Gasteiger partial charge in [-0.3, -0.25) is 37.3 Å². The van der Waals surface area contributed by atoms with E-state index in [1.807, 2.05) is 0 Å². The number of phosphoric ester groups is 2. The van der Waals surface area contributed by atoms with Gasteiger partial charge in [0.2, 0.25) is 0 Å². The molecule has 0 aliphatic carbocycles. The van der Waals surface area contributed by atoms with Crippen LogP contribution in [-0.2, 0) is 65.4 Å². The van der Waals surface area contributed by atoms with Crippen LogP contribution >= 0.6 is 15.6 Å². The fourth-order valence-corrected chi connectivity index (χ4v) is 12.7. The molecule has 0 fully saturated rings. The predicted molar refractivity (Wildman–Crippen MR) is 372 cm³/mol. The molecule has 0 aliphatic rings. The molecule has 0 aromatic rings. The smallest absolute Gasteiger partial charge is 0.462 e. The largest absolute Gasteiger partial charge is 0.472 e. The average molecular weight is 1350 g/mol. The Morgan fingerprint density at radius 2 is 0.500 bits per heavy atom. The number of unbranched alkanes of at least 4 members (excludes halogenated alkanes) is 39. The quantitative estimate of drug-likeness (QED) is 0.0222. The number of carbonyl (C=O) groups excluding carboxylic acids is 4. The summed E-state index contributed by atoms with van der Waals surface area (Å²) in [5.74, 6) is 0.142. The van der Waals surface area contributed by atoms with Crippen LogP contribution in [0.25, 0.3) is 0 Å². The van der Waals surface area contributed by atoms with Crippen molar-refractivity contribution in [1.29, 1.82) is 0 Å². The summed E-state index contributed by atoms with van der Waals surface area (Å²) in [5, 5.41) is 10.6. The van der Waals surface area contributed by atoms with E-state index in [9.17, 15) is 43.2 Å². The molecule has 0 heterocycles. The minimum atomic E-state index is -4.95. The Bertz CT molecular complexity index is 1800.